The SMILES string of the molecule is CC(C)(c1cc(Br)c(O)c(Br)c1Br)c1cc(Br)c(O)c(Br)c1Br.CC(C)(c1cc(Cl)c(O)c(Cl)c1Cl)c1cc(Cl)c(O)c(Cl)c1Cl. The lowest BCUT2D eigenvalue weighted by Crippen LogP contribution is -2.21. The van der Waals surface area contributed by atoms with Gasteiger partial charge < -0.3 is 20.4 Å². The number of hydrogen-bond acceptors (Lipinski definition) is 4. The van der Waals surface area contributed by atoms with Crippen LogP contribution in [-0.2, 0) is 10.8 Å². The summed E-state index contributed by atoms with van der Waals surface area (Å²) < 4.78 is 3.92. The van der Waals surface area contributed by atoms with Gasteiger partial charge in [-0.2, -0.15) is 0 Å². The van der Waals surface area contributed by atoms with Gasteiger partial charge in [0.05, 0.1) is 38.0 Å². The minimum Gasteiger partial charge on any atom is -0.506 e. The normalized spacial score (nSPS) is 11.8. The van der Waals surface area contributed by atoms with Gasteiger partial charge in [-0.3, -0.25) is 0 Å². The van der Waals surface area contributed by atoms with Gasteiger partial charge in [0.25, 0.3) is 0 Å². The van der Waals surface area contributed by atoms with Crippen LogP contribution in [0.15, 0.2) is 51.1 Å². The van der Waals surface area contributed by atoms with Gasteiger partial charge in [-0.1, -0.05) is 97.3 Å². The highest BCUT2D eigenvalue weighted by atomic mass is 79.9. The van der Waals surface area contributed by atoms with Crippen molar-refractivity contribution >= 4 is 165 Å². The zero-order chi connectivity index (χ0) is 35.4. The van der Waals surface area contributed by atoms with Crippen molar-refractivity contribution in [2.75, 3.05) is 0 Å². The monoisotopic (exact) mass is 1130 g/mol. The molecule has 0 atom stereocenters. The molecular weight excluding hydrogens is 1120 g/mol. The maximum Gasteiger partial charge on any atom is 0.154 e. The summed E-state index contributed by atoms with van der Waals surface area (Å²) in [6.45, 7) is 7.75. The van der Waals surface area contributed by atoms with Crippen LogP contribution in [0.1, 0.15) is 49.9 Å². The van der Waals surface area contributed by atoms with Gasteiger partial charge >= 0.3 is 0 Å². The molecule has 46 heavy (non-hydrogen) atoms. The predicted octanol–water partition coefficient (Wildman–Crippen LogP) is 15.3. The van der Waals surface area contributed by atoms with Crippen molar-refractivity contribution in [2.45, 2.75) is 38.5 Å². The second kappa shape index (κ2) is 15.5. The maximum absolute atomic E-state index is 10.0. The first-order valence-corrected chi connectivity index (χ1v) is 19.5. The summed E-state index contributed by atoms with van der Waals surface area (Å²) in [5.41, 5.74) is 1.75. The van der Waals surface area contributed by atoms with Crippen molar-refractivity contribution in [1.82, 2.24) is 0 Å². The Morgan fingerprint density at radius 3 is 1.00 bits per heavy atom. The molecule has 4 rings (SSSR count). The van der Waals surface area contributed by atoms with E-state index in [4.69, 9.17) is 69.6 Å². The van der Waals surface area contributed by atoms with E-state index in [1.54, 1.807) is 0 Å². The topological polar surface area (TPSA) is 80.9 Å². The van der Waals surface area contributed by atoms with E-state index < -0.39 is 10.8 Å². The number of benzene rings is 4. The molecule has 248 valence electrons. The molecule has 0 heterocycles. The highest BCUT2D eigenvalue weighted by Crippen LogP contribution is 2.52. The van der Waals surface area contributed by atoms with Crippen LogP contribution in [-0.4, -0.2) is 20.4 Å². The van der Waals surface area contributed by atoms with Crippen molar-refractivity contribution in [1.29, 1.82) is 0 Å². The first-order chi connectivity index (χ1) is 21.0. The Hall–Kier alpha value is 0.700. The summed E-state index contributed by atoms with van der Waals surface area (Å²) >= 11 is 57.2. The Kier molecular flexibility index (Phi) is 13.9. The summed E-state index contributed by atoms with van der Waals surface area (Å²) in [6.07, 6.45) is 0. The maximum atomic E-state index is 10.0. The average molecular weight is 1140 g/mol. The van der Waals surface area contributed by atoms with Gasteiger partial charge in [-0.15, -0.1) is 0 Å². The van der Waals surface area contributed by atoms with Crippen LogP contribution in [0.25, 0.3) is 0 Å². The van der Waals surface area contributed by atoms with Crippen molar-refractivity contribution in [3.05, 3.63) is 103 Å². The fourth-order valence-electron chi connectivity index (χ4n) is 4.45. The molecule has 0 aliphatic heterocycles. The molecule has 0 aromatic heterocycles. The fourth-order valence-corrected chi connectivity index (χ4v) is 9.96. The molecule has 0 amide bonds. The van der Waals surface area contributed by atoms with Crippen molar-refractivity contribution in [2.24, 2.45) is 0 Å². The van der Waals surface area contributed by atoms with Crippen molar-refractivity contribution in [3.8, 4) is 23.0 Å². The molecule has 16 heteroatoms. The molecule has 0 saturated carbocycles. The molecule has 0 unspecified atom stereocenters. The highest BCUT2D eigenvalue weighted by molar-refractivity contribution is 9.13. The van der Waals surface area contributed by atoms with Crippen molar-refractivity contribution in [3.63, 3.8) is 0 Å². The molecule has 0 aliphatic carbocycles. The first kappa shape index (κ1) is 41.1. The molecule has 4 nitrogen and oxygen atoms in total. The Bertz CT molecular complexity index is 1620. The van der Waals surface area contributed by atoms with Gasteiger partial charge in [0.2, 0.25) is 0 Å². The quantitative estimate of drug-likeness (QED) is 0.154. The van der Waals surface area contributed by atoms with Crippen LogP contribution in [0.4, 0.5) is 0 Å². The summed E-state index contributed by atoms with van der Waals surface area (Å²) in [6, 6.07) is 6.75. The third-order valence-corrected chi connectivity index (χ3v) is 15.0. The minimum atomic E-state index is -0.809. The molecule has 4 N–H and O–H groups in total. The number of hydrogen-bond donors (Lipinski definition) is 4. The second-order valence-corrected chi connectivity index (χ2v) is 18.0. The third kappa shape index (κ3) is 7.79. The summed E-state index contributed by atoms with van der Waals surface area (Å²) in [4.78, 5) is 0. The van der Waals surface area contributed by atoms with Crippen LogP contribution in [0.5, 0.6) is 23.0 Å². The van der Waals surface area contributed by atoms with E-state index in [2.05, 4.69) is 109 Å². The van der Waals surface area contributed by atoms with E-state index in [1.807, 2.05) is 26.0 Å². The lowest BCUT2D eigenvalue weighted by molar-refractivity contribution is 0.465. The minimum absolute atomic E-state index is 0.0505. The Morgan fingerprint density at radius 1 is 0.413 bits per heavy atom. The number of phenols is 4. The molecule has 0 saturated heterocycles. The smallest absolute Gasteiger partial charge is 0.154 e. The lowest BCUT2D eigenvalue weighted by Gasteiger charge is -2.30. The van der Waals surface area contributed by atoms with Gasteiger partial charge in [0, 0.05) is 19.8 Å². The van der Waals surface area contributed by atoms with E-state index in [0.717, 1.165) is 20.1 Å². The van der Waals surface area contributed by atoms with Crippen LogP contribution in [0, 0.1) is 0 Å². The van der Waals surface area contributed by atoms with Gasteiger partial charge in [0.1, 0.15) is 21.5 Å². The number of halogens is 12. The van der Waals surface area contributed by atoms with Gasteiger partial charge in [-0.25, -0.2) is 0 Å². The highest BCUT2D eigenvalue weighted by Gasteiger charge is 2.34. The van der Waals surface area contributed by atoms with Gasteiger partial charge in [0.15, 0.2) is 11.5 Å². The zero-order valence-electron chi connectivity index (χ0n) is 23.6. The largest absolute Gasteiger partial charge is 0.506 e. The first-order valence-electron chi connectivity index (χ1n) is 12.5. The number of aromatic hydroxyl groups is 4. The van der Waals surface area contributed by atoms with Crippen LogP contribution in [0.3, 0.4) is 0 Å². The summed E-state index contributed by atoms with van der Waals surface area (Å²) in [5.74, 6) is -0.316. The molecule has 0 fully saturated rings. The Morgan fingerprint density at radius 2 is 0.696 bits per heavy atom. The second-order valence-electron chi connectivity index (χ2n) is 10.8. The lowest BCUT2D eigenvalue weighted by atomic mass is 9.78. The summed E-state index contributed by atoms with van der Waals surface area (Å²) in [7, 11) is 0. The molecule has 0 aliphatic rings. The Balaban J connectivity index is 0.000000250. The van der Waals surface area contributed by atoms with E-state index in [1.165, 1.54) is 12.1 Å². The number of phenolic OH excluding ortho intramolecular Hbond substituents is 4. The Labute approximate surface area is 346 Å². The summed E-state index contributed by atoms with van der Waals surface area (Å²) in [5, 5.41) is 39.9. The third-order valence-electron chi connectivity index (χ3n) is 7.23. The molecular formula is C30H20Br6Cl6O4. The average Bonchev–Trinajstić information content (AvgIpc) is 2.99. The van der Waals surface area contributed by atoms with E-state index >= 15 is 0 Å². The van der Waals surface area contributed by atoms with Crippen LogP contribution in [0.2, 0.25) is 30.1 Å². The van der Waals surface area contributed by atoms with Crippen LogP contribution < -0.4 is 0 Å². The fraction of sp³-hybridized carbons (Fsp3) is 0.200. The van der Waals surface area contributed by atoms with E-state index in [-0.39, 0.29) is 53.1 Å². The molecule has 4 aromatic carbocycles. The van der Waals surface area contributed by atoms with E-state index in [0.29, 0.717) is 29.0 Å². The van der Waals surface area contributed by atoms with Gasteiger partial charge in [-0.05, 0) is 142 Å². The predicted molar refractivity (Wildman–Crippen MR) is 213 cm³/mol. The molecule has 0 spiro atoms. The van der Waals surface area contributed by atoms with Crippen molar-refractivity contribution < 1.29 is 20.4 Å². The van der Waals surface area contributed by atoms with E-state index in [9.17, 15) is 20.4 Å². The zero-order valence-corrected chi connectivity index (χ0v) is 37.7. The molecule has 4 aromatic rings. The molecule has 0 bridgehead atoms. The molecule has 0 radical (unpaired) electrons. The standard InChI is InChI=1S/C15H10Br6O2.C15H10Cl6O2/c2*1-15(2,5-3-7(16)13(22)11(20)9(5)18)6-4-8(17)14(23)12(21)10(6)19/h2*3-4,22-23H,1-2H3. The van der Waals surface area contributed by atoms with Crippen LogP contribution >= 0.6 is 165 Å². The number of rotatable bonds is 4.